The highest BCUT2D eigenvalue weighted by Gasteiger charge is 2.42. The maximum absolute atomic E-state index is 3.65. The zero-order valence-corrected chi connectivity index (χ0v) is 21.2. The summed E-state index contributed by atoms with van der Waals surface area (Å²) in [6, 6.07) is 41.7. The third kappa shape index (κ3) is 4.05. The van der Waals surface area contributed by atoms with E-state index in [2.05, 4.69) is 134 Å². The third-order valence-electron chi connectivity index (χ3n) is 8.42. The number of para-hydroxylation sites is 1. The molecule has 1 N–H and O–H groups in total. The Morgan fingerprint density at radius 2 is 1.35 bits per heavy atom. The number of fused-ring (bicyclic) bond motifs is 2. The van der Waals surface area contributed by atoms with Gasteiger partial charge in [-0.25, -0.2) is 0 Å². The van der Waals surface area contributed by atoms with Crippen molar-refractivity contribution in [2.24, 2.45) is 5.92 Å². The van der Waals surface area contributed by atoms with E-state index in [-0.39, 0.29) is 5.41 Å². The van der Waals surface area contributed by atoms with Crippen LogP contribution in [0.2, 0.25) is 0 Å². The summed E-state index contributed by atoms with van der Waals surface area (Å²) in [5.74, 6) is 0.823. The van der Waals surface area contributed by atoms with Gasteiger partial charge in [0.05, 0.1) is 0 Å². The Balaban J connectivity index is 1.21. The molecule has 0 aliphatic heterocycles. The predicted octanol–water partition coefficient (Wildman–Crippen LogP) is 9.92. The molecule has 7 rings (SSSR count). The zero-order chi connectivity index (χ0) is 24.8. The van der Waals surface area contributed by atoms with Crippen LogP contribution in [-0.2, 0) is 5.41 Å². The van der Waals surface area contributed by atoms with Crippen LogP contribution in [0.1, 0.15) is 31.7 Å². The number of anilines is 2. The largest absolute Gasteiger partial charge is 0.355 e. The van der Waals surface area contributed by atoms with Gasteiger partial charge in [-0.1, -0.05) is 116 Å². The Morgan fingerprint density at radius 1 is 0.649 bits per heavy atom. The lowest BCUT2D eigenvalue weighted by atomic mass is 9.71. The first-order chi connectivity index (χ1) is 18.2. The van der Waals surface area contributed by atoms with Crippen LogP contribution < -0.4 is 5.32 Å². The molecule has 1 saturated carbocycles. The van der Waals surface area contributed by atoms with Gasteiger partial charge in [0, 0.05) is 16.9 Å². The lowest BCUT2D eigenvalue weighted by molar-refractivity contribution is 0.410. The first-order valence-electron chi connectivity index (χ1n) is 13.4. The van der Waals surface area contributed by atoms with E-state index < -0.39 is 0 Å². The Kier molecular flexibility index (Phi) is 5.25. The highest BCUT2D eigenvalue weighted by molar-refractivity contribution is 5.99. The van der Waals surface area contributed by atoms with Gasteiger partial charge >= 0.3 is 0 Å². The molecule has 2 aliphatic carbocycles. The van der Waals surface area contributed by atoms with Crippen molar-refractivity contribution in [3.05, 3.63) is 132 Å². The Hall–Kier alpha value is -4.10. The van der Waals surface area contributed by atoms with E-state index in [1.165, 1.54) is 51.4 Å². The third-order valence-corrected chi connectivity index (χ3v) is 8.42. The first-order valence-corrected chi connectivity index (χ1v) is 13.4. The van der Waals surface area contributed by atoms with E-state index in [1.54, 1.807) is 5.57 Å². The zero-order valence-electron chi connectivity index (χ0n) is 21.2. The maximum Gasteiger partial charge on any atom is 0.0463 e. The minimum atomic E-state index is 0.225. The molecule has 1 heteroatoms. The molecule has 1 nitrogen and oxygen atoms in total. The van der Waals surface area contributed by atoms with Crippen LogP contribution in [0.15, 0.2) is 127 Å². The van der Waals surface area contributed by atoms with Crippen molar-refractivity contribution < 1.29 is 0 Å². The molecule has 0 heterocycles. The molecule has 0 spiro atoms. The summed E-state index contributed by atoms with van der Waals surface area (Å²) in [4.78, 5) is 0. The Bertz CT molecular complexity index is 1630. The smallest absolute Gasteiger partial charge is 0.0463 e. The number of hydrogen-bond donors (Lipinski definition) is 1. The topological polar surface area (TPSA) is 12.0 Å². The summed E-state index contributed by atoms with van der Waals surface area (Å²) in [7, 11) is 0. The van der Waals surface area contributed by atoms with Gasteiger partial charge in [0.25, 0.3) is 0 Å². The molecule has 1 unspecified atom stereocenters. The second-order valence-electron chi connectivity index (χ2n) is 11.0. The highest BCUT2D eigenvalue weighted by atomic mass is 14.9. The fourth-order valence-corrected chi connectivity index (χ4v) is 6.31. The molecule has 0 bridgehead atoms. The second-order valence-corrected chi connectivity index (χ2v) is 11.0. The highest BCUT2D eigenvalue weighted by Crippen LogP contribution is 2.54. The van der Waals surface area contributed by atoms with E-state index in [1.807, 2.05) is 0 Å². The van der Waals surface area contributed by atoms with Crippen LogP contribution in [0.5, 0.6) is 0 Å². The van der Waals surface area contributed by atoms with Crippen LogP contribution in [0.3, 0.4) is 0 Å². The molecule has 37 heavy (non-hydrogen) atoms. The summed E-state index contributed by atoms with van der Waals surface area (Å²) in [6.45, 7) is 2.47. The van der Waals surface area contributed by atoms with E-state index in [0.29, 0.717) is 0 Å². The lowest BCUT2D eigenvalue weighted by Gasteiger charge is -2.33. The average molecular weight is 478 g/mol. The van der Waals surface area contributed by atoms with Crippen molar-refractivity contribution in [2.75, 3.05) is 5.32 Å². The molecule has 0 saturated heterocycles. The van der Waals surface area contributed by atoms with E-state index in [9.17, 15) is 0 Å². The normalized spacial score (nSPS) is 20.2. The van der Waals surface area contributed by atoms with Crippen molar-refractivity contribution in [2.45, 2.75) is 31.6 Å². The van der Waals surface area contributed by atoms with Crippen molar-refractivity contribution in [3.8, 4) is 22.3 Å². The molecule has 0 radical (unpaired) electrons. The van der Waals surface area contributed by atoms with Crippen LogP contribution in [0, 0.1) is 5.92 Å². The lowest BCUT2D eigenvalue weighted by Crippen LogP contribution is -2.24. The van der Waals surface area contributed by atoms with Gasteiger partial charge in [-0.3, -0.25) is 0 Å². The predicted molar refractivity (Wildman–Crippen MR) is 157 cm³/mol. The average Bonchev–Trinajstić information content (AvgIpc) is 3.72. The van der Waals surface area contributed by atoms with Crippen LogP contribution >= 0.6 is 0 Å². The standard InChI is InChI=1S/C36H31N/c1-36(22-21-27-23-28(27)24-36)34-20-19-30(32-12-5-6-13-33(32)34)26-15-17-29(18-16-26)37-35-14-8-7-11-31(35)25-9-3-2-4-10-25/h2-21,28,37H,22-24H2,1H3/t28-,36?/m1/s1. The van der Waals surface area contributed by atoms with Gasteiger partial charge in [-0.2, -0.15) is 0 Å². The molecule has 1 fully saturated rings. The molecule has 180 valence electrons. The van der Waals surface area contributed by atoms with Crippen molar-refractivity contribution in [1.82, 2.24) is 0 Å². The minimum absolute atomic E-state index is 0.225. The monoisotopic (exact) mass is 477 g/mol. The van der Waals surface area contributed by atoms with E-state index in [0.717, 1.165) is 23.7 Å². The summed E-state index contributed by atoms with van der Waals surface area (Å²) < 4.78 is 0. The SMILES string of the molecule is CC1(c2ccc(-c3ccc(Nc4ccccc4-c4ccccc4)cc3)c3ccccc23)CC=C2C[C@@H]2C1. The fraction of sp³-hybridized carbons (Fsp3) is 0.167. The molecular formula is C36H31N. The number of nitrogens with one attached hydrogen (secondary N) is 1. The summed E-state index contributed by atoms with van der Waals surface area (Å²) in [5.41, 5.74) is 10.6. The van der Waals surface area contributed by atoms with Crippen LogP contribution in [0.25, 0.3) is 33.0 Å². The molecule has 0 aromatic heterocycles. The van der Waals surface area contributed by atoms with Crippen molar-refractivity contribution in [1.29, 1.82) is 0 Å². The van der Waals surface area contributed by atoms with E-state index >= 15 is 0 Å². The quantitative estimate of drug-likeness (QED) is 0.248. The maximum atomic E-state index is 3.65. The number of benzene rings is 5. The second kappa shape index (κ2) is 8.78. The first kappa shape index (κ1) is 22.1. The summed E-state index contributed by atoms with van der Waals surface area (Å²) in [6.07, 6.45) is 6.28. The van der Waals surface area contributed by atoms with Gasteiger partial charge in [-0.05, 0) is 81.8 Å². The molecule has 2 aliphatic rings. The molecule has 5 aromatic carbocycles. The molecular weight excluding hydrogens is 446 g/mol. The van der Waals surface area contributed by atoms with Gasteiger partial charge in [0.1, 0.15) is 0 Å². The van der Waals surface area contributed by atoms with Gasteiger partial charge < -0.3 is 5.32 Å². The van der Waals surface area contributed by atoms with Crippen LogP contribution in [0.4, 0.5) is 11.4 Å². The summed E-state index contributed by atoms with van der Waals surface area (Å²) >= 11 is 0. The number of allylic oxidation sites excluding steroid dienone is 2. The number of hydrogen-bond acceptors (Lipinski definition) is 1. The van der Waals surface area contributed by atoms with Crippen LogP contribution in [-0.4, -0.2) is 0 Å². The van der Waals surface area contributed by atoms with Crippen molar-refractivity contribution in [3.63, 3.8) is 0 Å². The van der Waals surface area contributed by atoms with Gasteiger partial charge in [0.2, 0.25) is 0 Å². The van der Waals surface area contributed by atoms with Crippen molar-refractivity contribution >= 4 is 22.1 Å². The Morgan fingerprint density at radius 3 is 2.16 bits per heavy atom. The summed E-state index contributed by atoms with van der Waals surface area (Å²) in [5, 5.41) is 6.40. The Labute approximate surface area is 219 Å². The van der Waals surface area contributed by atoms with E-state index in [4.69, 9.17) is 0 Å². The molecule has 2 atom stereocenters. The fourth-order valence-electron chi connectivity index (χ4n) is 6.31. The van der Waals surface area contributed by atoms with Gasteiger partial charge in [0.15, 0.2) is 0 Å². The molecule has 5 aromatic rings. The number of rotatable bonds is 5. The minimum Gasteiger partial charge on any atom is -0.355 e. The molecule has 0 amide bonds. The van der Waals surface area contributed by atoms with Gasteiger partial charge in [-0.15, -0.1) is 0 Å².